The van der Waals surface area contributed by atoms with Crippen LogP contribution in [-0.4, -0.2) is 23.7 Å². The quantitative estimate of drug-likeness (QED) is 0.816. The first-order valence-electron chi connectivity index (χ1n) is 5.42. The molecule has 0 amide bonds. The molecule has 1 aromatic heterocycles. The first-order chi connectivity index (χ1) is 7.18. The third-order valence-electron chi connectivity index (χ3n) is 2.89. The van der Waals surface area contributed by atoms with Crippen molar-refractivity contribution in [1.82, 2.24) is 10.3 Å². The highest BCUT2D eigenvalue weighted by Crippen LogP contribution is 2.17. The zero-order chi connectivity index (χ0) is 10.7. The lowest BCUT2D eigenvalue weighted by molar-refractivity contribution is 0.171. The summed E-state index contributed by atoms with van der Waals surface area (Å²) in [5.74, 6) is 0. The molecule has 0 bridgehead atoms. The molecule has 1 atom stereocenters. The van der Waals surface area contributed by atoms with E-state index in [2.05, 4.69) is 36.3 Å². The van der Waals surface area contributed by atoms with Gasteiger partial charge >= 0.3 is 0 Å². The molecule has 0 aliphatic carbocycles. The fourth-order valence-electron chi connectivity index (χ4n) is 1.71. The standard InChI is InChI=1S/C12H18N2O/c1-10-3-4-11(13-7-10)8-14-12(2)5-6-15-9-12/h3-4,7,14H,5-6,8-9H2,1-2H3. The first-order valence-corrected chi connectivity index (χ1v) is 5.42. The van der Waals surface area contributed by atoms with Crippen LogP contribution in [0.2, 0.25) is 0 Å². The van der Waals surface area contributed by atoms with Gasteiger partial charge in [0.25, 0.3) is 0 Å². The molecule has 3 heteroatoms. The molecule has 1 aromatic rings. The lowest BCUT2D eigenvalue weighted by Crippen LogP contribution is -2.42. The third-order valence-corrected chi connectivity index (χ3v) is 2.89. The molecule has 2 heterocycles. The minimum absolute atomic E-state index is 0.132. The molecule has 1 unspecified atom stereocenters. The van der Waals surface area contributed by atoms with Gasteiger partial charge in [-0.1, -0.05) is 6.07 Å². The van der Waals surface area contributed by atoms with Crippen LogP contribution >= 0.6 is 0 Å². The zero-order valence-electron chi connectivity index (χ0n) is 9.42. The van der Waals surface area contributed by atoms with Crippen LogP contribution in [-0.2, 0) is 11.3 Å². The van der Waals surface area contributed by atoms with Crippen LogP contribution in [0, 0.1) is 6.92 Å². The van der Waals surface area contributed by atoms with Gasteiger partial charge in [-0.15, -0.1) is 0 Å². The Morgan fingerprint density at radius 1 is 1.53 bits per heavy atom. The molecule has 0 aromatic carbocycles. The van der Waals surface area contributed by atoms with E-state index in [4.69, 9.17) is 4.74 Å². The summed E-state index contributed by atoms with van der Waals surface area (Å²) in [5.41, 5.74) is 2.43. The van der Waals surface area contributed by atoms with E-state index < -0.39 is 0 Å². The molecule has 0 saturated carbocycles. The van der Waals surface area contributed by atoms with Crippen molar-refractivity contribution in [3.05, 3.63) is 29.6 Å². The molecule has 1 aliphatic rings. The number of nitrogens with zero attached hydrogens (tertiary/aromatic N) is 1. The Labute approximate surface area is 90.9 Å². The molecule has 1 saturated heterocycles. The molecule has 1 fully saturated rings. The summed E-state index contributed by atoms with van der Waals surface area (Å²) in [7, 11) is 0. The van der Waals surface area contributed by atoms with Crippen molar-refractivity contribution >= 4 is 0 Å². The fraction of sp³-hybridized carbons (Fsp3) is 0.583. The molecule has 1 aliphatic heterocycles. The molecule has 3 nitrogen and oxygen atoms in total. The monoisotopic (exact) mass is 206 g/mol. The number of hydrogen-bond donors (Lipinski definition) is 1. The Hall–Kier alpha value is -0.930. The van der Waals surface area contributed by atoms with Gasteiger partial charge in [-0.3, -0.25) is 4.98 Å². The molecule has 15 heavy (non-hydrogen) atoms. The van der Waals surface area contributed by atoms with Gasteiger partial charge in [0.1, 0.15) is 0 Å². The zero-order valence-corrected chi connectivity index (χ0v) is 9.42. The van der Waals surface area contributed by atoms with Crippen molar-refractivity contribution in [1.29, 1.82) is 0 Å². The maximum atomic E-state index is 5.38. The average Bonchev–Trinajstić information content (AvgIpc) is 2.65. The summed E-state index contributed by atoms with van der Waals surface area (Å²) in [4.78, 5) is 4.37. The van der Waals surface area contributed by atoms with Crippen molar-refractivity contribution in [2.45, 2.75) is 32.4 Å². The van der Waals surface area contributed by atoms with Crippen molar-refractivity contribution in [2.75, 3.05) is 13.2 Å². The molecule has 82 valence electrons. The van der Waals surface area contributed by atoms with Gasteiger partial charge in [-0.2, -0.15) is 0 Å². The van der Waals surface area contributed by atoms with Gasteiger partial charge in [0.15, 0.2) is 0 Å². The minimum atomic E-state index is 0.132. The molecule has 0 spiro atoms. The molecule has 1 N–H and O–H groups in total. The van der Waals surface area contributed by atoms with Crippen LogP contribution in [0.15, 0.2) is 18.3 Å². The highest BCUT2D eigenvalue weighted by atomic mass is 16.5. The van der Waals surface area contributed by atoms with E-state index in [0.717, 1.165) is 31.9 Å². The number of hydrogen-bond acceptors (Lipinski definition) is 3. The molecular formula is C12H18N2O. The van der Waals surface area contributed by atoms with Gasteiger partial charge in [-0.25, -0.2) is 0 Å². The van der Waals surface area contributed by atoms with Gasteiger partial charge in [0, 0.05) is 24.9 Å². The van der Waals surface area contributed by atoms with E-state index in [1.54, 1.807) is 0 Å². The van der Waals surface area contributed by atoms with Crippen LogP contribution in [0.5, 0.6) is 0 Å². The van der Waals surface area contributed by atoms with Gasteiger partial charge in [0.2, 0.25) is 0 Å². The Morgan fingerprint density at radius 3 is 3.00 bits per heavy atom. The fourth-order valence-corrected chi connectivity index (χ4v) is 1.71. The van der Waals surface area contributed by atoms with Crippen molar-refractivity contribution in [3.63, 3.8) is 0 Å². The van der Waals surface area contributed by atoms with Crippen LogP contribution in [0.1, 0.15) is 24.6 Å². The Kier molecular flexibility index (Phi) is 3.03. The van der Waals surface area contributed by atoms with Crippen LogP contribution in [0.25, 0.3) is 0 Å². The lowest BCUT2D eigenvalue weighted by atomic mass is 10.0. The molecule has 0 radical (unpaired) electrons. The number of aryl methyl sites for hydroxylation is 1. The van der Waals surface area contributed by atoms with E-state index in [1.807, 2.05) is 6.20 Å². The smallest absolute Gasteiger partial charge is 0.0646 e. The van der Waals surface area contributed by atoms with Crippen LogP contribution in [0.3, 0.4) is 0 Å². The van der Waals surface area contributed by atoms with Crippen molar-refractivity contribution in [2.24, 2.45) is 0 Å². The summed E-state index contributed by atoms with van der Waals surface area (Å²) >= 11 is 0. The van der Waals surface area contributed by atoms with Crippen molar-refractivity contribution in [3.8, 4) is 0 Å². The van der Waals surface area contributed by atoms with Gasteiger partial charge < -0.3 is 10.1 Å². The predicted octanol–water partition coefficient (Wildman–Crippen LogP) is 1.66. The minimum Gasteiger partial charge on any atom is -0.379 e. The Bertz CT molecular complexity index is 315. The van der Waals surface area contributed by atoms with Gasteiger partial charge in [0.05, 0.1) is 12.3 Å². The maximum absolute atomic E-state index is 5.38. The largest absolute Gasteiger partial charge is 0.379 e. The normalized spacial score (nSPS) is 25.7. The summed E-state index contributed by atoms with van der Waals surface area (Å²) in [6.45, 7) is 6.74. The highest BCUT2D eigenvalue weighted by molar-refractivity contribution is 5.12. The topological polar surface area (TPSA) is 34.1 Å². The summed E-state index contributed by atoms with van der Waals surface area (Å²) < 4.78 is 5.38. The molecule has 2 rings (SSSR count). The number of rotatable bonds is 3. The predicted molar refractivity (Wildman–Crippen MR) is 59.7 cm³/mol. The number of ether oxygens (including phenoxy) is 1. The second-order valence-electron chi connectivity index (χ2n) is 4.54. The SMILES string of the molecule is Cc1ccc(CNC2(C)CCOC2)nc1. The molecular weight excluding hydrogens is 188 g/mol. The van der Waals surface area contributed by atoms with E-state index >= 15 is 0 Å². The average molecular weight is 206 g/mol. The number of nitrogens with one attached hydrogen (secondary N) is 1. The second-order valence-corrected chi connectivity index (χ2v) is 4.54. The number of pyridine rings is 1. The lowest BCUT2D eigenvalue weighted by Gasteiger charge is -2.23. The summed E-state index contributed by atoms with van der Waals surface area (Å²) in [6.07, 6.45) is 2.99. The van der Waals surface area contributed by atoms with E-state index in [9.17, 15) is 0 Å². The number of aromatic nitrogens is 1. The van der Waals surface area contributed by atoms with Crippen LogP contribution < -0.4 is 5.32 Å². The highest BCUT2D eigenvalue weighted by Gasteiger charge is 2.28. The van der Waals surface area contributed by atoms with E-state index in [1.165, 1.54) is 5.56 Å². The van der Waals surface area contributed by atoms with Crippen LogP contribution in [0.4, 0.5) is 0 Å². The maximum Gasteiger partial charge on any atom is 0.0646 e. The van der Waals surface area contributed by atoms with E-state index in [-0.39, 0.29) is 5.54 Å². The third kappa shape index (κ3) is 2.76. The Balaban J connectivity index is 1.90. The second kappa shape index (κ2) is 4.29. The first kappa shape index (κ1) is 10.6. The van der Waals surface area contributed by atoms with E-state index in [0.29, 0.717) is 0 Å². The van der Waals surface area contributed by atoms with Gasteiger partial charge in [-0.05, 0) is 31.9 Å². The Morgan fingerprint density at radius 2 is 2.40 bits per heavy atom. The summed E-state index contributed by atoms with van der Waals surface area (Å²) in [5, 5.41) is 3.51. The summed E-state index contributed by atoms with van der Waals surface area (Å²) in [6, 6.07) is 4.17. The van der Waals surface area contributed by atoms with Crippen molar-refractivity contribution < 1.29 is 4.74 Å².